The molecule has 2 aromatic carbocycles. The van der Waals surface area contributed by atoms with Gasteiger partial charge in [0.1, 0.15) is 5.69 Å². The molecule has 0 saturated carbocycles. The van der Waals surface area contributed by atoms with Gasteiger partial charge < -0.3 is 15.6 Å². The lowest BCUT2D eigenvalue weighted by molar-refractivity contribution is 0.0930. The van der Waals surface area contributed by atoms with Crippen molar-refractivity contribution in [1.29, 1.82) is 0 Å². The first-order valence-electron chi connectivity index (χ1n) is 7.82. The van der Waals surface area contributed by atoms with Gasteiger partial charge in [0.25, 0.3) is 5.91 Å². The minimum atomic E-state index is -0.475. The first-order chi connectivity index (χ1) is 11.9. The highest BCUT2D eigenvalue weighted by atomic mass is 35.5. The van der Waals surface area contributed by atoms with Gasteiger partial charge in [-0.1, -0.05) is 29.8 Å². The fraction of sp³-hybridized carbons (Fsp3) is 0.158. The molecule has 3 rings (SSSR count). The van der Waals surface area contributed by atoms with Crippen molar-refractivity contribution in [1.82, 2.24) is 9.88 Å². The van der Waals surface area contributed by atoms with Crippen molar-refractivity contribution in [2.24, 2.45) is 12.8 Å². The Bertz CT molecular complexity index is 961. The molecule has 0 saturated heterocycles. The van der Waals surface area contributed by atoms with Crippen LogP contribution in [0.3, 0.4) is 0 Å². The third-order valence-corrected chi connectivity index (χ3v) is 4.52. The number of amides is 2. The summed E-state index contributed by atoms with van der Waals surface area (Å²) in [6.07, 6.45) is 0. The van der Waals surface area contributed by atoms with Crippen LogP contribution in [0.25, 0.3) is 10.9 Å². The molecule has 0 bridgehead atoms. The maximum Gasteiger partial charge on any atom is 0.268 e. The van der Waals surface area contributed by atoms with Crippen LogP contribution < -0.4 is 11.1 Å². The van der Waals surface area contributed by atoms with Gasteiger partial charge in [0, 0.05) is 28.5 Å². The Morgan fingerprint density at radius 1 is 1.12 bits per heavy atom. The van der Waals surface area contributed by atoms with Crippen LogP contribution >= 0.6 is 11.6 Å². The number of carbonyl (C=O) groups is 2. The van der Waals surface area contributed by atoms with Crippen LogP contribution in [0.2, 0.25) is 5.02 Å². The molecule has 25 heavy (non-hydrogen) atoms. The van der Waals surface area contributed by atoms with Gasteiger partial charge in [-0.05, 0) is 42.8 Å². The number of primary amides is 1. The van der Waals surface area contributed by atoms with E-state index in [1.165, 1.54) is 0 Å². The predicted molar refractivity (Wildman–Crippen MR) is 98.8 cm³/mol. The van der Waals surface area contributed by atoms with E-state index in [1.807, 2.05) is 36.7 Å². The summed E-state index contributed by atoms with van der Waals surface area (Å²) in [5.41, 5.74) is 8.02. The van der Waals surface area contributed by atoms with Crippen molar-refractivity contribution in [3.63, 3.8) is 0 Å². The molecule has 6 heteroatoms. The number of hydrogen-bond donors (Lipinski definition) is 2. The number of benzene rings is 2. The lowest BCUT2D eigenvalue weighted by Crippen LogP contribution is -2.28. The number of nitrogens with two attached hydrogens (primary N) is 1. The van der Waals surface area contributed by atoms with E-state index in [2.05, 4.69) is 5.32 Å². The Hall–Kier alpha value is -2.79. The van der Waals surface area contributed by atoms with Gasteiger partial charge >= 0.3 is 0 Å². The molecular formula is C19H18ClN3O2. The molecule has 2 amide bonds. The van der Waals surface area contributed by atoms with E-state index in [4.69, 9.17) is 17.3 Å². The van der Waals surface area contributed by atoms with Crippen LogP contribution in [0.5, 0.6) is 0 Å². The Kier molecular flexibility index (Phi) is 4.51. The zero-order chi connectivity index (χ0) is 18.1. The molecule has 1 aromatic heterocycles. The molecular weight excluding hydrogens is 338 g/mol. The van der Waals surface area contributed by atoms with Crippen LogP contribution in [0, 0.1) is 0 Å². The average Bonchev–Trinajstić information content (AvgIpc) is 2.91. The molecule has 1 heterocycles. The summed E-state index contributed by atoms with van der Waals surface area (Å²) in [6.45, 7) is 1.89. The number of aryl methyl sites for hydroxylation is 1. The van der Waals surface area contributed by atoms with Gasteiger partial charge in [0.15, 0.2) is 0 Å². The Morgan fingerprint density at radius 3 is 2.44 bits per heavy atom. The monoisotopic (exact) mass is 355 g/mol. The summed E-state index contributed by atoms with van der Waals surface area (Å²) >= 11 is 6.03. The zero-order valence-corrected chi connectivity index (χ0v) is 14.7. The van der Waals surface area contributed by atoms with Crippen molar-refractivity contribution < 1.29 is 9.59 Å². The first kappa shape index (κ1) is 17.0. The second-order valence-electron chi connectivity index (χ2n) is 5.97. The molecule has 128 valence electrons. The maximum absolute atomic E-state index is 12.6. The summed E-state index contributed by atoms with van der Waals surface area (Å²) in [5, 5.41) is 4.55. The predicted octanol–water partition coefficient (Wildman–Crippen LogP) is 3.42. The topological polar surface area (TPSA) is 77.1 Å². The number of nitrogens with zero attached hydrogens (tertiary/aromatic N) is 1. The second kappa shape index (κ2) is 6.61. The number of hydrogen-bond acceptors (Lipinski definition) is 2. The SMILES string of the molecule is C[C@H](NC(=O)c1cc2ccc(Cl)cc2n1C)c1ccc(C(N)=O)cc1. The Balaban J connectivity index is 1.82. The molecule has 0 spiro atoms. The highest BCUT2D eigenvalue weighted by molar-refractivity contribution is 6.31. The lowest BCUT2D eigenvalue weighted by Gasteiger charge is -2.15. The fourth-order valence-electron chi connectivity index (χ4n) is 2.81. The van der Waals surface area contributed by atoms with Crippen molar-refractivity contribution in [2.75, 3.05) is 0 Å². The van der Waals surface area contributed by atoms with Crippen molar-refractivity contribution >= 4 is 34.3 Å². The minimum absolute atomic E-state index is 0.179. The summed E-state index contributed by atoms with van der Waals surface area (Å²) in [5.74, 6) is -0.654. The molecule has 0 aliphatic carbocycles. The van der Waals surface area contributed by atoms with Crippen LogP contribution in [0.4, 0.5) is 0 Å². The van der Waals surface area contributed by atoms with E-state index in [0.717, 1.165) is 16.5 Å². The Labute approximate surface area is 150 Å². The number of rotatable bonds is 4. The molecule has 0 fully saturated rings. The van der Waals surface area contributed by atoms with E-state index < -0.39 is 5.91 Å². The third kappa shape index (κ3) is 3.37. The number of fused-ring (bicyclic) bond motifs is 1. The zero-order valence-electron chi connectivity index (χ0n) is 13.9. The smallest absolute Gasteiger partial charge is 0.268 e. The van der Waals surface area contributed by atoms with Gasteiger partial charge in [-0.15, -0.1) is 0 Å². The average molecular weight is 356 g/mol. The number of aromatic nitrogens is 1. The van der Waals surface area contributed by atoms with E-state index in [9.17, 15) is 9.59 Å². The van der Waals surface area contributed by atoms with Crippen LogP contribution in [0.15, 0.2) is 48.5 Å². The second-order valence-corrected chi connectivity index (χ2v) is 6.41. The Morgan fingerprint density at radius 2 is 1.80 bits per heavy atom. The quantitative estimate of drug-likeness (QED) is 0.752. The molecule has 0 radical (unpaired) electrons. The lowest BCUT2D eigenvalue weighted by atomic mass is 10.1. The maximum atomic E-state index is 12.6. The number of halogens is 1. The summed E-state index contributed by atoms with van der Waals surface area (Å²) in [7, 11) is 1.83. The molecule has 3 aromatic rings. The minimum Gasteiger partial charge on any atom is -0.366 e. The van der Waals surface area contributed by atoms with Crippen LogP contribution in [0.1, 0.15) is 39.4 Å². The normalized spacial score (nSPS) is 12.1. The standard InChI is InChI=1S/C19H18ClN3O2/c1-11(12-3-5-13(6-4-12)18(21)24)22-19(25)17-9-14-7-8-15(20)10-16(14)23(17)2/h3-11H,1-2H3,(H2,21,24)(H,22,25)/t11-/m0/s1. The largest absolute Gasteiger partial charge is 0.366 e. The highest BCUT2D eigenvalue weighted by Crippen LogP contribution is 2.23. The van der Waals surface area contributed by atoms with Gasteiger partial charge in [0.05, 0.1) is 6.04 Å². The molecule has 0 aliphatic rings. The van der Waals surface area contributed by atoms with Crippen molar-refractivity contribution in [3.8, 4) is 0 Å². The summed E-state index contributed by atoms with van der Waals surface area (Å²) in [4.78, 5) is 23.8. The van der Waals surface area contributed by atoms with Crippen LogP contribution in [-0.2, 0) is 7.05 Å². The van der Waals surface area contributed by atoms with Crippen LogP contribution in [-0.4, -0.2) is 16.4 Å². The van der Waals surface area contributed by atoms with Gasteiger partial charge in [-0.3, -0.25) is 9.59 Å². The highest BCUT2D eigenvalue weighted by Gasteiger charge is 2.16. The number of nitrogens with one attached hydrogen (secondary N) is 1. The molecule has 5 nitrogen and oxygen atoms in total. The summed E-state index contributed by atoms with van der Waals surface area (Å²) in [6, 6.07) is 14.0. The fourth-order valence-corrected chi connectivity index (χ4v) is 2.98. The molecule has 0 aliphatic heterocycles. The van der Waals surface area contributed by atoms with Crippen molar-refractivity contribution in [2.45, 2.75) is 13.0 Å². The van der Waals surface area contributed by atoms with E-state index in [-0.39, 0.29) is 11.9 Å². The van der Waals surface area contributed by atoms with Gasteiger partial charge in [-0.2, -0.15) is 0 Å². The molecule has 3 N–H and O–H groups in total. The third-order valence-electron chi connectivity index (χ3n) is 4.28. The first-order valence-corrected chi connectivity index (χ1v) is 8.20. The van der Waals surface area contributed by atoms with E-state index >= 15 is 0 Å². The summed E-state index contributed by atoms with van der Waals surface area (Å²) < 4.78 is 1.82. The number of carbonyl (C=O) groups excluding carboxylic acids is 2. The van der Waals surface area contributed by atoms with Gasteiger partial charge in [-0.25, -0.2) is 0 Å². The van der Waals surface area contributed by atoms with E-state index in [0.29, 0.717) is 16.3 Å². The van der Waals surface area contributed by atoms with E-state index in [1.54, 1.807) is 30.3 Å². The van der Waals surface area contributed by atoms with Gasteiger partial charge in [0.2, 0.25) is 5.91 Å². The molecule has 1 atom stereocenters. The molecule has 0 unspecified atom stereocenters. The van der Waals surface area contributed by atoms with Crippen molar-refractivity contribution in [3.05, 3.63) is 70.4 Å².